The normalized spacial score (nSPS) is 16.3. The standard InChI is InChI=1S/C21H28N2O2/c1-3-8-20(9-4-1)24-18-16-22-12-7-13-23(15-14-22)17-19-25-21-10-5-2-6-11-21/h1-6,8-11H,7,12-19H2. The zero-order valence-electron chi connectivity index (χ0n) is 14.8. The van der Waals surface area contributed by atoms with Crippen LogP contribution in [0.3, 0.4) is 0 Å². The van der Waals surface area contributed by atoms with Crippen LogP contribution in [0.25, 0.3) is 0 Å². The molecule has 3 rings (SSSR count). The third-order valence-electron chi connectivity index (χ3n) is 4.52. The summed E-state index contributed by atoms with van der Waals surface area (Å²) in [7, 11) is 0. The molecule has 1 fully saturated rings. The van der Waals surface area contributed by atoms with E-state index in [2.05, 4.69) is 9.80 Å². The second-order valence-corrected chi connectivity index (χ2v) is 6.36. The molecule has 134 valence electrons. The lowest BCUT2D eigenvalue weighted by molar-refractivity contribution is 0.195. The maximum absolute atomic E-state index is 5.82. The molecule has 1 aliphatic heterocycles. The second-order valence-electron chi connectivity index (χ2n) is 6.36. The second kappa shape index (κ2) is 10.1. The van der Waals surface area contributed by atoms with Gasteiger partial charge in [0.1, 0.15) is 24.7 Å². The van der Waals surface area contributed by atoms with Crippen molar-refractivity contribution in [3.63, 3.8) is 0 Å². The highest BCUT2D eigenvalue weighted by atomic mass is 16.5. The van der Waals surface area contributed by atoms with Gasteiger partial charge in [-0.15, -0.1) is 0 Å². The van der Waals surface area contributed by atoms with E-state index in [-0.39, 0.29) is 0 Å². The predicted octanol–water partition coefficient (Wildman–Crippen LogP) is 3.15. The lowest BCUT2D eigenvalue weighted by Gasteiger charge is -2.22. The smallest absolute Gasteiger partial charge is 0.119 e. The van der Waals surface area contributed by atoms with E-state index in [4.69, 9.17) is 9.47 Å². The summed E-state index contributed by atoms with van der Waals surface area (Å²) in [6.45, 7) is 7.98. The lowest BCUT2D eigenvalue weighted by Crippen LogP contribution is -2.34. The van der Waals surface area contributed by atoms with Gasteiger partial charge in [0.05, 0.1) is 0 Å². The molecule has 0 radical (unpaired) electrons. The molecule has 0 saturated carbocycles. The fourth-order valence-electron chi connectivity index (χ4n) is 3.09. The Bertz CT molecular complexity index is 538. The fraction of sp³-hybridized carbons (Fsp3) is 0.429. The van der Waals surface area contributed by atoms with Crippen LogP contribution in [-0.4, -0.2) is 62.3 Å². The maximum atomic E-state index is 5.82. The number of benzene rings is 2. The monoisotopic (exact) mass is 340 g/mol. The Morgan fingerprint density at radius 1 is 0.600 bits per heavy atom. The summed E-state index contributed by atoms with van der Waals surface area (Å²) >= 11 is 0. The van der Waals surface area contributed by atoms with Gasteiger partial charge in [-0.3, -0.25) is 9.80 Å². The van der Waals surface area contributed by atoms with Gasteiger partial charge in [-0.05, 0) is 43.8 Å². The minimum atomic E-state index is 0.751. The molecule has 1 saturated heterocycles. The summed E-state index contributed by atoms with van der Waals surface area (Å²) in [5.74, 6) is 1.91. The highest BCUT2D eigenvalue weighted by Gasteiger charge is 2.14. The summed E-state index contributed by atoms with van der Waals surface area (Å²) in [5, 5.41) is 0. The molecule has 0 amide bonds. The van der Waals surface area contributed by atoms with Crippen molar-refractivity contribution in [2.45, 2.75) is 6.42 Å². The molecule has 25 heavy (non-hydrogen) atoms. The highest BCUT2D eigenvalue weighted by molar-refractivity contribution is 5.21. The van der Waals surface area contributed by atoms with Gasteiger partial charge in [-0.25, -0.2) is 0 Å². The maximum Gasteiger partial charge on any atom is 0.119 e. The Morgan fingerprint density at radius 2 is 1.04 bits per heavy atom. The lowest BCUT2D eigenvalue weighted by atomic mass is 10.3. The van der Waals surface area contributed by atoms with Crippen LogP contribution in [0.15, 0.2) is 60.7 Å². The Kier molecular flexibility index (Phi) is 7.16. The zero-order chi connectivity index (χ0) is 17.2. The van der Waals surface area contributed by atoms with Crippen molar-refractivity contribution in [1.29, 1.82) is 0 Å². The molecule has 0 aromatic heterocycles. The van der Waals surface area contributed by atoms with Gasteiger partial charge < -0.3 is 9.47 Å². The molecular weight excluding hydrogens is 312 g/mol. The van der Waals surface area contributed by atoms with Gasteiger partial charge in [0.25, 0.3) is 0 Å². The largest absolute Gasteiger partial charge is 0.492 e. The minimum Gasteiger partial charge on any atom is -0.492 e. The summed E-state index contributed by atoms with van der Waals surface area (Å²) in [4.78, 5) is 5.00. The van der Waals surface area contributed by atoms with Crippen molar-refractivity contribution in [3.05, 3.63) is 60.7 Å². The SMILES string of the molecule is c1ccc(OCCN2CCCN(CCOc3ccccc3)CC2)cc1. The number of hydrogen-bond donors (Lipinski definition) is 0. The van der Waals surface area contributed by atoms with E-state index in [1.54, 1.807) is 0 Å². The topological polar surface area (TPSA) is 24.9 Å². The van der Waals surface area contributed by atoms with Crippen LogP contribution < -0.4 is 9.47 Å². The van der Waals surface area contributed by atoms with Crippen LogP contribution >= 0.6 is 0 Å². The predicted molar refractivity (Wildman–Crippen MR) is 101 cm³/mol. The molecule has 4 heteroatoms. The van der Waals surface area contributed by atoms with Crippen LogP contribution in [0.5, 0.6) is 11.5 Å². The first-order chi connectivity index (χ1) is 12.4. The van der Waals surface area contributed by atoms with E-state index in [1.807, 2.05) is 60.7 Å². The van der Waals surface area contributed by atoms with Crippen molar-refractivity contribution >= 4 is 0 Å². The van der Waals surface area contributed by atoms with Gasteiger partial charge >= 0.3 is 0 Å². The summed E-state index contributed by atoms with van der Waals surface area (Å²) in [6, 6.07) is 20.1. The quantitative estimate of drug-likeness (QED) is 0.737. The Morgan fingerprint density at radius 3 is 1.48 bits per heavy atom. The number of para-hydroxylation sites is 2. The summed E-state index contributed by atoms with van der Waals surface area (Å²) in [6.07, 6.45) is 1.21. The van der Waals surface area contributed by atoms with Crippen LogP contribution in [0.1, 0.15) is 6.42 Å². The Labute approximate surface area is 151 Å². The number of ether oxygens (including phenoxy) is 2. The molecule has 0 N–H and O–H groups in total. The molecule has 0 spiro atoms. The molecule has 1 aliphatic rings. The van der Waals surface area contributed by atoms with Crippen molar-refractivity contribution < 1.29 is 9.47 Å². The highest BCUT2D eigenvalue weighted by Crippen LogP contribution is 2.10. The molecule has 0 aliphatic carbocycles. The van der Waals surface area contributed by atoms with Crippen LogP contribution in [-0.2, 0) is 0 Å². The van der Waals surface area contributed by atoms with E-state index >= 15 is 0 Å². The van der Waals surface area contributed by atoms with Crippen molar-refractivity contribution in [2.75, 3.05) is 52.5 Å². The van der Waals surface area contributed by atoms with Crippen LogP contribution in [0, 0.1) is 0 Å². The molecule has 4 nitrogen and oxygen atoms in total. The van der Waals surface area contributed by atoms with Gasteiger partial charge in [0.15, 0.2) is 0 Å². The third kappa shape index (κ3) is 6.40. The Balaban J connectivity index is 1.31. The van der Waals surface area contributed by atoms with Crippen LogP contribution in [0.2, 0.25) is 0 Å². The van der Waals surface area contributed by atoms with Crippen molar-refractivity contribution in [2.24, 2.45) is 0 Å². The average Bonchev–Trinajstić information content (AvgIpc) is 2.89. The molecule has 2 aromatic rings. The van der Waals surface area contributed by atoms with E-state index in [0.29, 0.717) is 0 Å². The van der Waals surface area contributed by atoms with E-state index in [9.17, 15) is 0 Å². The first kappa shape index (κ1) is 17.8. The van der Waals surface area contributed by atoms with Gasteiger partial charge in [0, 0.05) is 26.2 Å². The van der Waals surface area contributed by atoms with Gasteiger partial charge in [0.2, 0.25) is 0 Å². The fourth-order valence-corrected chi connectivity index (χ4v) is 3.09. The van der Waals surface area contributed by atoms with E-state index in [1.165, 1.54) is 6.42 Å². The zero-order valence-corrected chi connectivity index (χ0v) is 14.8. The Hall–Kier alpha value is -2.04. The first-order valence-electron chi connectivity index (χ1n) is 9.20. The van der Waals surface area contributed by atoms with Crippen molar-refractivity contribution in [3.8, 4) is 11.5 Å². The van der Waals surface area contributed by atoms with Crippen LogP contribution in [0.4, 0.5) is 0 Å². The molecular formula is C21H28N2O2. The minimum absolute atomic E-state index is 0.751. The average molecular weight is 340 g/mol. The molecule has 1 heterocycles. The van der Waals surface area contributed by atoms with Gasteiger partial charge in [-0.1, -0.05) is 36.4 Å². The molecule has 0 bridgehead atoms. The summed E-state index contributed by atoms with van der Waals surface area (Å²) < 4.78 is 11.6. The molecule has 0 unspecified atom stereocenters. The number of nitrogens with zero attached hydrogens (tertiary/aromatic N) is 2. The summed E-state index contributed by atoms with van der Waals surface area (Å²) in [5.41, 5.74) is 0. The number of hydrogen-bond acceptors (Lipinski definition) is 4. The van der Waals surface area contributed by atoms with Gasteiger partial charge in [-0.2, -0.15) is 0 Å². The van der Waals surface area contributed by atoms with Crippen molar-refractivity contribution in [1.82, 2.24) is 9.80 Å². The van der Waals surface area contributed by atoms with E-state index < -0.39 is 0 Å². The molecule has 2 aromatic carbocycles. The third-order valence-corrected chi connectivity index (χ3v) is 4.52. The first-order valence-corrected chi connectivity index (χ1v) is 9.20. The number of rotatable bonds is 8. The molecule has 0 atom stereocenters. The van der Waals surface area contributed by atoms with E-state index in [0.717, 1.165) is 64.0 Å².